The zero-order valence-corrected chi connectivity index (χ0v) is 23.7. The van der Waals surface area contributed by atoms with Crippen LogP contribution in [0.4, 0.5) is 0 Å². The van der Waals surface area contributed by atoms with Crippen LogP contribution in [0.2, 0.25) is 0 Å². The van der Waals surface area contributed by atoms with Crippen LogP contribution in [0.1, 0.15) is 80.6 Å². The van der Waals surface area contributed by atoms with Gasteiger partial charge in [0.15, 0.2) is 0 Å². The Morgan fingerprint density at radius 3 is 2.14 bits per heavy atom. The summed E-state index contributed by atoms with van der Waals surface area (Å²) in [4.78, 5) is 45.6. The second kappa shape index (κ2) is 13.6. The summed E-state index contributed by atoms with van der Waals surface area (Å²) in [7, 11) is 1.91. The number of hydrogen-bond donors (Lipinski definition) is 1. The smallest absolute Gasteiger partial charge is 0.245 e. The molecule has 2 fully saturated rings. The second-order valence-corrected chi connectivity index (χ2v) is 12.2. The van der Waals surface area contributed by atoms with Crippen LogP contribution < -0.4 is 5.32 Å². The molecule has 7 heteroatoms. The maximum Gasteiger partial charge on any atom is 0.245 e. The van der Waals surface area contributed by atoms with Crippen molar-refractivity contribution in [1.29, 1.82) is 0 Å². The van der Waals surface area contributed by atoms with Gasteiger partial charge in [-0.3, -0.25) is 14.4 Å². The summed E-state index contributed by atoms with van der Waals surface area (Å²) in [6, 6.07) is -0.589. The minimum absolute atomic E-state index is 0.0255. The SMILES string of the molecule is CC(C)CCN(C)C(=O)C(C)C1CCN(C(=O)[C@H](CC(C)C)N2CCN[C@@H](CC(C)C)C2=O)CC1. The quantitative estimate of drug-likeness (QED) is 0.478. The molecule has 7 nitrogen and oxygen atoms in total. The zero-order valence-electron chi connectivity index (χ0n) is 23.7. The van der Waals surface area contributed by atoms with Crippen LogP contribution in [0.15, 0.2) is 0 Å². The van der Waals surface area contributed by atoms with Gasteiger partial charge in [-0.2, -0.15) is 0 Å². The normalized spacial score (nSPS) is 21.7. The van der Waals surface area contributed by atoms with E-state index >= 15 is 0 Å². The fourth-order valence-electron chi connectivity index (χ4n) is 5.47. The maximum atomic E-state index is 13.7. The Hall–Kier alpha value is -1.63. The summed E-state index contributed by atoms with van der Waals surface area (Å²) in [5, 5.41) is 3.36. The monoisotopic (exact) mass is 492 g/mol. The Morgan fingerprint density at radius 1 is 0.971 bits per heavy atom. The average Bonchev–Trinajstić information content (AvgIpc) is 2.80. The highest BCUT2D eigenvalue weighted by Crippen LogP contribution is 2.28. The van der Waals surface area contributed by atoms with E-state index in [1.54, 1.807) is 0 Å². The molecule has 0 aromatic heterocycles. The highest BCUT2D eigenvalue weighted by atomic mass is 16.2. The van der Waals surface area contributed by atoms with E-state index in [2.05, 4.69) is 46.9 Å². The van der Waals surface area contributed by atoms with Gasteiger partial charge in [-0.1, -0.05) is 48.5 Å². The molecule has 2 rings (SSSR count). The summed E-state index contributed by atoms with van der Waals surface area (Å²) in [5.74, 6) is 1.98. The van der Waals surface area contributed by atoms with Crippen LogP contribution in [0, 0.1) is 29.6 Å². The van der Waals surface area contributed by atoms with E-state index < -0.39 is 6.04 Å². The second-order valence-electron chi connectivity index (χ2n) is 12.2. The van der Waals surface area contributed by atoms with Gasteiger partial charge < -0.3 is 20.0 Å². The van der Waals surface area contributed by atoms with Crippen molar-refractivity contribution < 1.29 is 14.4 Å². The Labute approximate surface area is 214 Å². The first-order valence-corrected chi connectivity index (χ1v) is 14.0. The standard InChI is InChI=1S/C28H52N4O3/c1-19(2)9-13-30(8)26(33)22(7)23-10-14-31(15-11-23)28(35)25(18-21(5)6)32-16-12-29-24(27(32)34)17-20(3)4/h19-25,29H,9-18H2,1-8H3/t22?,24-,25-/m0/s1. The molecule has 2 aliphatic rings. The molecule has 2 heterocycles. The van der Waals surface area contributed by atoms with Crippen molar-refractivity contribution in [2.24, 2.45) is 29.6 Å². The highest BCUT2D eigenvalue weighted by Gasteiger charge is 2.40. The molecule has 0 spiro atoms. The summed E-state index contributed by atoms with van der Waals surface area (Å²) < 4.78 is 0. The van der Waals surface area contributed by atoms with Crippen molar-refractivity contribution in [2.75, 3.05) is 39.8 Å². The molecule has 1 N–H and O–H groups in total. The van der Waals surface area contributed by atoms with Crippen molar-refractivity contribution in [1.82, 2.24) is 20.0 Å². The Balaban J connectivity index is 2.01. The van der Waals surface area contributed by atoms with Crippen molar-refractivity contribution in [3.05, 3.63) is 0 Å². The largest absolute Gasteiger partial charge is 0.346 e. The minimum Gasteiger partial charge on any atom is -0.346 e. The fraction of sp³-hybridized carbons (Fsp3) is 0.893. The summed E-state index contributed by atoms with van der Waals surface area (Å²) in [5.41, 5.74) is 0. The number of piperidine rings is 1. The first-order valence-electron chi connectivity index (χ1n) is 14.0. The van der Waals surface area contributed by atoms with Crippen LogP contribution in [0.25, 0.3) is 0 Å². The molecule has 3 amide bonds. The Kier molecular flexibility index (Phi) is 11.5. The molecule has 0 aromatic rings. The van der Waals surface area contributed by atoms with E-state index in [0.29, 0.717) is 49.7 Å². The number of hydrogen-bond acceptors (Lipinski definition) is 4. The van der Waals surface area contributed by atoms with Gasteiger partial charge in [0.25, 0.3) is 0 Å². The number of piperazine rings is 1. The average molecular weight is 493 g/mol. The van der Waals surface area contributed by atoms with Gasteiger partial charge in [-0.05, 0) is 55.8 Å². The van der Waals surface area contributed by atoms with Gasteiger partial charge in [0.2, 0.25) is 17.7 Å². The molecular formula is C28H52N4O3. The molecule has 0 aromatic carbocycles. The molecule has 2 aliphatic heterocycles. The van der Waals surface area contributed by atoms with Crippen LogP contribution in [-0.4, -0.2) is 84.3 Å². The van der Waals surface area contributed by atoms with E-state index in [-0.39, 0.29) is 29.7 Å². The van der Waals surface area contributed by atoms with Crippen LogP contribution in [0.5, 0.6) is 0 Å². The van der Waals surface area contributed by atoms with E-state index in [9.17, 15) is 14.4 Å². The Bertz CT molecular complexity index is 700. The Morgan fingerprint density at radius 2 is 1.60 bits per heavy atom. The summed E-state index contributed by atoms with van der Waals surface area (Å²) in [6.07, 6.45) is 4.18. The number of likely N-dealkylation sites (tertiary alicyclic amines) is 1. The topological polar surface area (TPSA) is 73.0 Å². The van der Waals surface area contributed by atoms with Gasteiger partial charge in [0, 0.05) is 45.7 Å². The van der Waals surface area contributed by atoms with Crippen molar-refractivity contribution >= 4 is 17.7 Å². The number of nitrogens with zero attached hydrogens (tertiary/aromatic N) is 3. The van der Waals surface area contributed by atoms with Crippen molar-refractivity contribution in [3.8, 4) is 0 Å². The van der Waals surface area contributed by atoms with Gasteiger partial charge in [-0.15, -0.1) is 0 Å². The van der Waals surface area contributed by atoms with Crippen molar-refractivity contribution in [3.63, 3.8) is 0 Å². The molecule has 3 atom stereocenters. The third-order valence-corrected chi connectivity index (χ3v) is 7.75. The number of carbonyl (C=O) groups excluding carboxylic acids is 3. The van der Waals surface area contributed by atoms with Gasteiger partial charge in [0.1, 0.15) is 6.04 Å². The van der Waals surface area contributed by atoms with E-state index in [1.165, 1.54) is 0 Å². The molecule has 1 unspecified atom stereocenters. The third-order valence-electron chi connectivity index (χ3n) is 7.75. The lowest BCUT2D eigenvalue weighted by molar-refractivity contribution is -0.151. The van der Waals surface area contributed by atoms with Crippen LogP contribution >= 0.6 is 0 Å². The fourth-order valence-corrected chi connectivity index (χ4v) is 5.47. The van der Waals surface area contributed by atoms with Gasteiger partial charge >= 0.3 is 0 Å². The predicted molar refractivity (Wildman–Crippen MR) is 142 cm³/mol. The molecule has 0 radical (unpaired) electrons. The number of amides is 3. The lowest BCUT2D eigenvalue weighted by Crippen LogP contribution is -2.62. The molecule has 202 valence electrons. The van der Waals surface area contributed by atoms with E-state index in [4.69, 9.17) is 0 Å². The first kappa shape index (κ1) is 29.6. The summed E-state index contributed by atoms with van der Waals surface area (Å²) >= 11 is 0. The molecule has 0 saturated carbocycles. The highest BCUT2D eigenvalue weighted by molar-refractivity contribution is 5.90. The van der Waals surface area contributed by atoms with Crippen LogP contribution in [-0.2, 0) is 14.4 Å². The zero-order chi connectivity index (χ0) is 26.3. The molecule has 35 heavy (non-hydrogen) atoms. The molecule has 2 saturated heterocycles. The molecule has 0 bridgehead atoms. The maximum absolute atomic E-state index is 13.7. The molecule has 0 aliphatic carbocycles. The molecular weight excluding hydrogens is 440 g/mol. The van der Waals surface area contributed by atoms with Crippen LogP contribution in [0.3, 0.4) is 0 Å². The van der Waals surface area contributed by atoms with E-state index in [1.807, 2.05) is 28.7 Å². The first-order chi connectivity index (χ1) is 16.4. The number of rotatable bonds is 11. The minimum atomic E-state index is -0.392. The lowest BCUT2D eigenvalue weighted by atomic mass is 9.84. The predicted octanol–water partition coefficient (Wildman–Crippen LogP) is 3.63. The van der Waals surface area contributed by atoms with Gasteiger partial charge in [0.05, 0.1) is 6.04 Å². The summed E-state index contributed by atoms with van der Waals surface area (Å²) in [6.45, 7) is 18.4. The van der Waals surface area contributed by atoms with E-state index in [0.717, 1.165) is 38.8 Å². The third kappa shape index (κ3) is 8.47. The van der Waals surface area contributed by atoms with Crippen molar-refractivity contribution in [2.45, 2.75) is 92.7 Å². The lowest BCUT2D eigenvalue weighted by Gasteiger charge is -2.42. The number of carbonyl (C=O) groups is 3. The number of nitrogens with one attached hydrogen (secondary N) is 1. The van der Waals surface area contributed by atoms with Gasteiger partial charge in [-0.25, -0.2) is 0 Å².